The number of benzene rings is 2. The normalized spacial score (nSPS) is 11.7. The first-order valence-electron chi connectivity index (χ1n) is 7.86. The number of hydrogen-bond acceptors (Lipinski definition) is 4. The Hall–Kier alpha value is -2.53. The Morgan fingerprint density at radius 1 is 1.25 bits per heavy atom. The van der Waals surface area contributed by atoms with Crippen LogP contribution < -0.4 is 15.0 Å². The average Bonchev–Trinajstić information content (AvgIpc) is 2.54. The summed E-state index contributed by atoms with van der Waals surface area (Å²) in [6.07, 6.45) is -0.646. The van der Waals surface area contributed by atoms with E-state index in [9.17, 15) is 4.79 Å². The number of carbonyl (C=O) groups is 1. The number of ether oxygens (including phenoxy) is 1. The molecule has 2 N–H and O–H groups in total. The molecule has 0 spiro atoms. The van der Waals surface area contributed by atoms with Gasteiger partial charge in [0, 0.05) is 25.5 Å². The predicted octanol–water partition coefficient (Wildman–Crippen LogP) is 2.96. The molecule has 1 atom stereocenters. The van der Waals surface area contributed by atoms with E-state index < -0.39 is 6.10 Å². The number of nitrogens with one attached hydrogen (secondary N) is 1. The van der Waals surface area contributed by atoms with Crippen LogP contribution in [0.3, 0.4) is 0 Å². The van der Waals surface area contributed by atoms with Crippen molar-refractivity contribution in [2.45, 2.75) is 26.6 Å². The minimum absolute atomic E-state index is 0.0602. The van der Waals surface area contributed by atoms with E-state index in [0.29, 0.717) is 5.75 Å². The number of aryl methyl sites for hydroxylation is 1. The van der Waals surface area contributed by atoms with Gasteiger partial charge >= 0.3 is 0 Å². The molecule has 2 aromatic carbocycles. The summed E-state index contributed by atoms with van der Waals surface area (Å²) in [5, 5.41) is 12.0. The minimum Gasteiger partial charge on any atom is -0.481 e. The summed E-state index contributed by atoms with van der Waals surface area (Å²) in [7, 11) is 3.97. The lowest BCUT2D eigenvalue weighted by Crippen LogP contribution is -2.30. The Morgan fingerprint density at radius 2 is 2.00 bits per heavy atom. The number of amides is 1. The van der Waals surface area contributed by atoms with Crippen molar-refractivity contribution >= 4 is 17.3 Å². The number of carbonyl (C=O) groups excluding carboxylic acids is 1. The molecule has 0 bridgehead atoms. The Kier molecular flexibility index (Phi) is 5.82. The highest BCUT2D eigenvalue weighted by atomic mass is 16.5. The van der Waals surface area contributed by atoms with Crippen molar-refractivity contribution in [3.05, 3.63) is 53.6 Å². The van der Waals surface area contributed by atoms with Crippen LogP contribution in [0.4, 0.5) is 11.4 Å². The standard InChI is InChI=1S/C19H24N2O3/c1-13-10-16(8-9-18(13)21(3)4)20-19(23)14(2)24-17-7-5-6-15(11-17)12-22/h5-11,14,22H,12H2,1-4H3,(H,20,23). The van der Waals surface area contributed by atoms with Crippen molar-refractivity contribution in [3.8, 4) is 5.75 Å². The fourth-order valence-electron chi connectivity index (χ4n) is 2.45. The van der Waals surface area contributed by atoms with Gasteiger partial charge < -0.3 is 20.1 Å². The number of hydrogen-bond donors (Lipinski definition) is 2. The minimum atomic E-state index is -0.646. The molecule has 0 saturated heterocycles. The highest BCUT2D eigenvalue weighted by Crippen LogP contribution is 2.22. The maximum absolute atomic E-state index is 12.3. The highest BCUT2D eigenvalue weighted by Gasteiger charge is 2.15. The van der Waals surface area contributed by atoms with E-state index in [1.807, 2.05) is 44.1 Å². The molecule has 0 aromatic heterocycles. The molecular formula is C19H24N2O3. The van der Waals surface area contributed by atoms with Crippen molar-refractivity contribution in [1.29, 1.82) is 0 Å². The molecule has 5 heteroatoms. The van der Waals surface area contributed by atoms with E-state index in [4.69, 9.17) is 9.84 Å². The van der Waals surface area contributed by atoms with E-state index in [-0.39, 0.29) is 12.5 Å². The molecule has 0 aliphatic rings. The molecule has 2 rings (SSSR count). The van der Waals surface area contributed by atoms with Gasteiger partial charge in [-0.25, -0.2) is 0 Å². The molecule has 2 aromatic rings. The molecule has 0 aliphatic carbocycles. The van der Waals surface area contributed by atoms with Gasteiger partial charge in [0.15, 0.2) is 6.10 Å². The second kappa shape index (κ2) is 7.84. The number of nitrogens with zero attached hydrogens (tertiary/aromatic N) is 1. The maximum atomic E-state index is 12.3. The van der Waals surface area contributed by atoms with Crippen LogP contribution in [-0.2, 0) is 11.4 Å². The lowest BCUT2D eigenvalue weighted by molar-refractivity contribution is -0.122. The molecule has 128 valence electrons. The Bertz CT molecular complexity index is 714. The van der Waals surface area contributed by atoms with E-state index in [2.05, 4.69) is 5.32 Å². The molecule has 1 amide bonds. The lowest BCUT2D eigenvalue weighted by atomic mass is 10.1. The molecule has 0 saturated carbocycles. The largest absolute Gasteiger partial charge is 0.481 e. The molecule has 0 aliphatic heterocycles. The first-order chi connectivity index (χ1) is 11.4. The molecular weight excluding hydrogens is 304 g/mol. The second-order valence-electron chi connectivity index (χ2n) is 5.95. The zero-order valence-electron chi connectivity index (χ0n) is 14.5. The number of aliphatic hydroxyl groups excluding tert-OH is 1. The fourth-order valence-corrected chi connectivity index (χ4v) is 2.45. The predicted molar refractivity (Wildman–Crippen MR) is 96.6 cm³/mol. The third-order valence-electron chi connectivity index (χ3n) is 3.71. The lowest BCUT2D eigenvalue weighted by Gasteiger charge is -2.18. The van der Waals surface area contributed by atoms with Gasteiger partial charge in [0.1, 0.15) is 5.75 Å². The van der Waals surface area contributed by atoms with Crippen LogP contribution in [0.25, 0.3) is 0 Å². The number of anilines is 2. The monoisotopic (exact) mass is 328 g/mol. The van der Waals surface area contributed by atoms with Crippen LogP contribution in [-0.4, -0.2) is 31.2 Å². The first kappa shape index (κ1) is 17.8. The summed E-state index contributed by atoms with van der Waals surface area (Å²) >= 11 is 0. The summed E-state index contributed by atoms with van der Waals surface area (Å²) in [6.45, 7) is 3.64. The van der Waals surface area contributed by atoms with Gasteiger partial charge in [-0.3, -0.25) is 4.79 Å². The molecule has 0 heterocycles. The molecule has 24 heavy (non-hydrogen) atoms. The Labute approximate surface area is 142 Å². The molecule has 0 fully saturated rings. The summed E-state index contributed by atoms with van der Waals surface area (Å²) in [6, 6.07) is 12.9. The number of rotatable bonds is 6. The van der Waals surface area contributed by atoms with Gasteiger partial charge in [0.2, 0.25) is 0 Å². The van der Waals surface area contributed by atoms with Crippen LogP contribution in [0.5, 0.6) is 5.75 Å². The zero-order valence-corrected chi connectivity index (χ0v) is 14.5. The summed E-state index contributed by atoms with van der Waals surface area (Å²) in [5.41, 5.74) is 3.68. The second-order valence-corrected chi connectivity index (χ2v) is 5.95. The van der Waals surface area contributed by atoms with Crippen molar-refractivity contribution in [2.24, 2.45) is 0 Å². The van der Waals surface area contributed by atoms with Gasteiger partial charge in [0.25, 0.3) is 5.91 Å². The Morgan fingerprint density at radius 3 is 2.62 bits per heavy atom. The third-order valence-corrected chi connectivity index (χ3v) is 3.71. The van der Waals surface area contributed by atoms with Crippen LogP contribution in [0.1, 0.15) is 18.1 Å². The van der Waals surface area contributed by atoms with Crippen molar-refractivity contribution in [1.82, 2.24) is 0 Å². The topological polar surface area (TPSA) is 61.8 Å². The van der Waals surface area contributed by atoms with Gasteiger partial charge in [-0.2, -0.15) is 0 Å². The van der Waals surface area contributed by atoms with Crippen molar-refractivity contribution < 1.29 is 14.6 Å². The van der Waals surface area contributed by atoms with Crippen molar-refractivity contribution in [3.63, 3.8) is 0 Å². The van der Waals surface area contributed by atoms with Crippen LogP contribution in [0.15, 0.2) is 42.5 Å². The average molecular weight is 328 g/mol. The SMILES string of the molecule is Cc1cc(NC(=O)C(C)Oc2cccc(CO)c2)ccc1N(C)C. The van der Waals surface area contributed by atoms with E-state index in [0.717, 1.165) is 22.5 Å². The summed E-state index contributed by atoms with van der Waals surface area (Å²) < 4.78 is 5.65. The smallest absolute Gasteiger partial charge is 0.265 e. The van der Waals surface area contributed by atoms with Gasteiger partial charge in [-0.1, -0.05) is 12.1 Å². The highest BCUT2D eigenvalue weighted by molar-refractivity contribution is 5.94. The molecule has 5 nitrogen and oxygen atoms in total. The van der Waals surface area contributed by atoms with Crippen LogP contribution in [0.2, 0.25) is 0 Å². The number of aliphatic hydroxyl groups is 1. The zero-order chi connectivity index (χ0) is 17.7. The third kappa shape index (κ3) is 4.49. The molecule has 1 unspecified atom stereocenters. The quantitative estimate of drug-likeness (QED) is 0.856. The fraction of sp³-hybridized carbons (Fsp3) is 0.316. The van der Waals surface area contributed by atoms with Gasteiger partial charge in [-0.05, 0) is 55.3 Å². The Balaban J connectivity index is 2.02. The van der Waals surface area contributed by atoms with E-state index >= 15 is 0 Å². The van der Waals surface area contributed by atoms with Gasteiger partial charge in [0.05, 0.1) is 6.61 Å². The summed E-state index contributed by atoms with van der Waals surface area (Å²) in [4.78, 5) is 14.3. The van der Waals surface area contributed by atoms with E-state index in [1.54, 1.807) is 31.2 Å². The van der Waals surface area contributed by atoms with Gasteiger partial charge in [-0.15, -0.1) is 0 Å². The first-order valence-corrected chi connectivity index (χ1v) is 7.86. The van der Waals surface area contributed by atoms with Crippen LogP contribution >= 0.6 is 0 Å². The maximum Gasteiger partial charge on any atom is 0.265 e. The molecule has 0 radical (unpaired) electrons. The van der Waals surface area contributed by atoms with Crippen molar-refractivity contribution in [2.75, 3.05) is 24.3 Å². The summed E-state index contributed by atoms with van der Waals surface area (Å²) in [5.74, 6) is 0.338. The van der Waals surface area contributed by atoms with E-state index in [1.165, 1.54) is 0 Å². The van der Waals surface area contributed by atoms with Crippen LogP contribution in [0, 0.1) is 6.92 Å².